The molecule has 0 N–H and O–H groups in total. The molecule has 0 radical (unpaired) electrons. The molecule has 0 bridgehead atoms. The summed E-state index contributed by atoms with van der Waals surface area (Å²) in [5.74, 6) is 0. The number of nitrogens with zero attached hydrogens (tertiary/aromatic N) is 5. The molecule has 2 aromatic heterocycles. The van der Waals surface area contributed by atoms with Crippen molar-refractivity contribution >= 4 is 13.3 Å². The Balaban J connectivity index is 1.86. The highest BCUT2D eigenvalue weighted by molar-refractivity contribution is 7.53. The first kappa shape index (κ1) is 24.2. The van der Waals surface area contributed by atoms with Crippen molar-refractivity contribution in [2.45, 2.75) is 61.0 Å². The first-order chi connectivity index (χ1) is 15.2. The van der Waals surface area contributed by atoms with Gasteiger partial charge in [0.25, 0.3) is 0 Å². The zero-order valence-electron chi connectivity index (χ0n) is 19.9. The van der Waals surface area contributed by atoms with Crippen molar-refractivity contribution in [3.8, 4) is 0 Å². The number of benzene rings is 1. The van der Waals surface area contributed by atoms with Gasteiger partial charge < -0.3 is 13.9 Å². The zero-order valence-corrected chi connectivity index (χ0v) is 20.8. The molecule has 3 rings (SSSR count). The van der Waals surface area contributed by atoms with E-state index in [2.05, 4.69) is 41.1 Å². The summed E-state index contributed by atoms with van der Waals surface area (Å²) in [6, 6.07) is 12.2. The molecule has 0 unspecified atom stereocenters. The zero-order chi connectivity index (χ0) is 23.3. The predicted octanol–water partition coefficient (Wildman–Crippen LogP) is 5.20. The Morgan fingerprint density at radius 3 is 1.69 bits per heavy atom. The van der Waals surface area contributed by atoms with Crippen LogP contribution in [0.1, 0.15) is 42.2 Å². The molecule has 9 heteroatoms. The van der Waals surface area contributed by atoms with Gasteiger partial charge in [0, 0.05) is 17.1 Å². The summed E-state index contributed by atoms with van der Waals surface area (Å²) in [4.78, 5) is 2.22. The van der Waals surface area contributed by atoms with Gasteiger partial charge in [-0.15, -0.1) is 0 Å². The molecular weight excluding hydrogens is 425 g/mol. The van der Waals surface area contributed by atoms with Crippen molar-refractivity contribution in [3.05, 3.63) is 64.7 Å². The van der Waals surface area contributed by atoms with Crippen LogP contribution in [0.4, 0.5) is 5.69 Å². The summed E-state index contributed by atoms with van der Waals surface area (Å²) in [5, 5.41) is 9.25. The highest BCUT2D eigenvalue weighted by atomic mass is 31.2. The van der Waals surface area contributed by atoms with Gasteiger partial charge in [-0.25, -0.2) is 9.36 Å². The fourth-order valence-electron chi connectivity index (χ4n) is 3.73. The van der Waals surface area contributed by atoms with Crippen molar-refractivity contribution in [2.24, 2.45) is 0 Å². The van der Waals surface area contributed by atoms with E-state index in [4.69, 9.17) is 9.05 Å². The van der Waals surface area contributed by atoms with Gasteiger partial charge in [0.1, 0.15) is 13.3 Å². The third-order valence-electron chi connectivity index (χ3n) is 5.15. The van der Waals surface area contributed by atoms with Crippen LogP contribution in [0.3, 0.4) is 0 Å². The van der Waals surface area contributed by atoms with Gasteiger partial charge in [-0.3, -0.25) is 4.57 Å². The third-order valence-corrected chi connectivity index (χ3v) is 7.20. The van der Waals surface area contributed by atoms with Crippen molar-refractivity contribution in [1.82, 2.24) is 19.6 Å². The smallest absolute Gasteiger partial charge is 0.332 e. The van der Waals surface area contributed by atoms with Gasteiger partial charge in [-0.2, -0.15) is 10.2 Å². The summed E-state index contributed by atoms with van der Waals surface area (Å²) in [5.41, 5.74) is 6.13. The van der Waals surface area contributed by atoms with E-state index < -0.39 is 7.60 Å². The first-order valence-electron chi connectivity index (χ1n) is 11.0. The summed E-state index contributed by atoms with van der Waals surface area (Å²) in [7, 11) is -3.14. The van der Waals surface area contributed by atoms with Crippen LogP contribution in [0, 0.1) is 27.7 Å². The van der Waals surface area contributed by atoms with E-state index in [1.807, 2.05) is 61.3 Å². The standard InChI is InChI=1S/C23H34N5O3P/c1-7-30-32(29,31-8-2)15-22-9-11-23(12-10-22)26(16-27-20(5)13-18(3)24-27)17-28-21(6)14-19(4)25-28/h9-14H,7-8,15-17H2,1-6H3. The van der Waals surface area contributed by atoms with Crippen molar-refractivity contribution < 1.29 is 13.6 Å². The van der Waals surface area contributed by atoms with Crippen LogP contribution in [0.5, 0.6) is 0 Å². The first-order valence-corrected chi connectivity index (χ1v) is 12.7. The average Bonchev–Trinajstić information content (AvgIpc) is 3.21. The number of aryl methyl sites for hydroxylation is 4. The van der Waals surface area contributed by atoms with Gasteiger partial charge in [0.05, 0.1) is 30.8 Å². The predicted molar refractivity (Wildman–Crippen MR) is 127 cm³/mol. The SMILES string of the molecule is CCOP(=O)(Cc1ccc(N(Cn2nc(C)cc2C)Cn2nc(C)cc2C)cc1)OCC. The molecular formula is C23H34N5O3P. The van der Waals surface area contributed by atoms with Gasteiger partial charge in [-0.1, -0.05) is 12.1 Å². The minimum Gasteiger partial charge on any atom is -0.332 e. The summed E-state index contributed by atoms with van der Waals surface area (Å²) < 4.78 is 27.8. The van der Waals surface area contributed by atoms with Crippen molar-refractivity contribution in [1.29, 1.82) is 0 Å². The molecule has 0 aliphatic carbocycles. The lowest BCUT2D eigenvalue weighted by Gasteiger charge is -2.26. The Morgan fingerprint density at radius 1 is 0.844 bits per heavy atom. The molecule has 0 fully saturated rings. The number of anilines is 1. The maximum Gasteiger partial charge on any atom is 0.335 e. The largest absolute Gasteiger partial charge is 0.335 e. The van der Waals surface area contributed by atoms with Gasteiger partial charge in [0.2, 0.25) is 0 Å². The molecule has 8 nitrogen and oxygen atoms in total. The van der Waals surface area contributed by atoms with Crippen LogP contribution >= 0.6 is 7.60 Å². The molecule has 3 aromatic rings. The van der Waals surface area contributed by atoms with Crippen molar-refractivity contribution in [2.75, 3.05) is 18.1 Å². The van der Waals surface area contributed by atoms with E-state index in [1.54, 1.807) is 0 Å². The Morgan fingerprint density at radius 2 is 1.31 bits per heavy atom. The second kappa shape index (κ2) is 10.5. The summed E-state index contributed by atoms with van der Waals surface area (Å²) in [6.07, 6.45) is 0.254. The third kappa shape index (κ3) is 6.09. The Labute approximate surface area is 190 Å². The molecule has 0 aliphatic rings. The molecule has 0 amide bonds. The van der Waals surface area contributed by atoms with E-state index in [0.29, 0.717) is 26.6 Å². The van der Waals surface area contributed by atoms with Crippen LogP contribution in [-0.4, -0.2) is 32.8 Å². The topological polar surface area (TPSA) is 74.4 Å². The molecule has 2 heterocycles. The molecule has 32 heavy (non-hydrogen) atoms. The van der Waals surface area contributed by atoms with Crippen molar-refractivity contribution in [3.63, 3.8) is 0 Å². The van der Waals surface area contributed by atoms with E-state index in [0.717, 1.165) is 34.0 Å². The normalized spacial score (nSPS) is 11.8. The minimum absolute atomic E-state index is 0.254. The summed E-state index contributed by atoms with van der Waals surface area (Å²) >= 11 is 0. The maximum absolute atomic E-state index is 12.9. The van der Waals surface area contributed by atoms with Gasteiger partial charge in [0.15, 0.2) is 0 Å². The highest BCUT2D eigenvalue weighted by Crippen LogP contribution is 2.51. The monoisotopic (exact) mass is 459 g/mol. The maximum atomic E-state index is 12.9. The van der Waals surface area contributed by atoms with Crippen LogP contribution in [0.15, 0.2) is 36.4 Å². The molecule has 0 aliphatic heterocycles. The fourth-order valence-corrected chi connectivity index (χ4v) is 5.43. The highest BCUT2D eigenvalue weighted by Gasteiger charge is 2.24. The number of hydrogen-bond acceptors (Lipinski definition) is 6. The molecule has 0 atom stereocenters. The fraction of sp³-hybridized carbons (Fsp3) is 0.478. The number of hydrogen-bond donors (Lipinski definition) is 0. The van der Waals surface area contributed by atoms with Crippen LogP contribution in [-0.2, 0) is 33.1 Å². The molecule has 0 spiro atoms. The van der Waals surface area contributed by atoms with Crippen LogP contribution in [0.25, 0.3) is 0 Å². The van der Waals surface area contributed by atoms with Gasteiger partial charge >= 0.3 is 7.60 Å². The quantitative estimate of drug-likeness (QED) is 0.367. The molecule has 0 saturated carbocycles. The Kier molecular flexibility index (Phi) is 7.93. The van der Waals surface area contributed by atoms with E-state index in [1.165, 1.54) is 0 Å². The lowest BCUT2D eigenvalue weighted by molar-refractivity contribution is 0.219. The lowest BCUT2D eigenvalue weighted by Crippen LogP contribution is -2.30. The second-order valence-corrected chi connectivity index (χ2v) is 10.0. The van der Waals surface area contributed by atoms with Crippen LogP contribution in [0.2, 0.25) is 0 Å². The van der Waals surface area contributed by atoms with E-state index >= 15 is 0 Å². The Hall–Kier alpha value is -2.41. The molecule has 1 aromatic carbocycles. The van der Waals surface area contributed by atoms with Crippen LogP contribution < -0.4 is 4.90 Å². The number of rotatable bonds is 11. The van der Waals surface area contributed by atoms with E-state index in [-0.39, 0.29) is 6.16 Å². The molecule has 174 valence electrons. The lowest BCUT2D eigenvalue weighted by atomic mass is 10.2. The average molecular weight is 460 g/mol. The molecule has 0 saturated heterocycles. The number of aromatic nitrogens is 4. The van der Waals surface area contributed by atoms with E-state index in [9.17, 15) is 4.57 Å². The summed E-state index contributed by atoms with van der Waals surface area (Å²) in [6.45, 7) is 13.7. The Bertz CT molecular complexity index is 1020. The second-order valence-electron chi connectivity index (χ2n) is 7.95. The van der Waals surface area contributed by atoms with Gasteiger partial charge in [-0.05, 0) is 71.4 Å². The minimum atomic E-state index is -3.14.